The molecular weight excluding hydrogens is 322 g/mol. The molecule has 0 bridgehead atoms. The summed E-state index contributed by atoms with van der Waals surface area (Å²) in [5.74, 6) is -1.68. The first-order chi connectivity index (χ1) is 10.8. The maximum atomic E-state index is 14.2. The number of aliphatic hydroxyl groups is 1. The van der Waals surface area contributed by atoms with Gasteiger partial charge >= 0.3 is 0 Å². The molecule has 2 atom stereocenters. The zero-order valence-corrected chi connectivity index (χ0v) is 13.3. The van der Waals surface area contributed by atoms with Crippen LogP contribution in [0.15, 0.2) is 47.1 Å². The Hall–Kier alpha value is -1.95. The monoisotopic (exact) mass is 338 g/mol. The lowest BCUT2D eigenvalue weighted by atomic mass is 10.0. The van der Waals surface area contributed by atoms with E-state index in [1.165, 1.54) is 24.3 Å². The van der Waals surface area contributed by atoms with Crippen LogP contribution in [-0.2, 0) is 9.84 Å². The molecule has 3 nitrogen and oxygen atoms in total. The molecule has 1 N–H and O–H groups in total. The summed E-state index contributed by atoms with van der Waals surface area (Å²) < 4.78 is 54.1. The molecule has 23 heavy (non-hydrogen) atoms. The van der Waals surface area contributed by atoms with Crippen molar-refractivity contribution in [3.05, 3.63) is 69.9 Å². The summed E-state index contributed by atoms with van der Waals surface area (Å²) in [5, 5.41) is 8.34. The summed E-state index contributed by atoms with van der Waals surface area (Å²) in [4.78, 5) is 0.0894. The van der Waals surface area contributed by atoms with E-state index in [0.29, 0.717) is 0 Å². The molecule has 0 fully saturated rings. The predicted octanol–water partition coefficient (Wildman–Crippen LogP) is 4.21. The molecule has 2 aliphatic rings. The Balaban J connectivity index is 2.11. The van der Waals surface area contributed by atoms with Crippen LogP contribution in [0.5, 0.6) is 0 Å². The van der Waals surface area contributed by atoms with Crippen molar-refractivity contribution in [3.63, 3.8) is 0 Å². The molecule has 3 rings (SSSR count). The van der Waals surface area contributed by atoms with Crippen molar-refractivity contribution in [2.75, 3.05) is 0 Å². The molecule has 0 saturated carbocycles. The molecule has 1 aromatic carbocycles. The average Bonchev–Trinajstić information content (AvgIpc) is 2.70. The third-order valence-corrected chi connectivity index (χ3v) is 6.56. The predicted molar refractivity (Wildman–Crippen MR) is 83.6 cm³/mol. The summed E-state index contributed by atoms with van der Waals surface area (Å²) in [6, 6.07) is 2.01. The Kier molecular flexibility index (Phi) is 3.88. The molecular formula is C17H16F2O3S. The highest BCUT2D eigenvalue weighted by Crippen LogP contribution is 2.48. The van der Waals surface area contributed by atoms with Crippen LogP contribution in [0.25, 0.3) is 0 Å². The van der Waals surface area contributed by atoms with Crippen molar-refractivity contribution in [2.45, 2.75) is 30.9 Å². The molecule has 0 amide bonds. The van der Waals surface area contributed by atoms with Gasteiger partial charge in [-0.2, -0.15) is 0 Å². The molecule has 0 aromatic heterocycles. The topological polar surface area (TPSA) is 54.4 Å². The van der Waals surface area contributed by atoms with Gasteiger partial charge in [-0.25, -0.2) is 17.2 Å². The highest BCUT2D eigenvalue weighted by molar-refractivity contribution is 7.95. The first kappa shape index (κ1) is 15.9. The zero-order chi connectivity index (χ0) is 16.8. The van der Waals surface area contributed by atoms with Crippen LogP contribution in [0.4, 0.5) is 8.78 Å². The third kappa shape index (κ3) is 2.61. The lowest BCUT2D eigenvalue weighted by Crippen LogP contribution is -2.14. The summed E-state index contributed by atoms with van der Waals surface area (Å²) >= 11 is 0. The molecule has 122 valence electrons. The summed E-state index contributed by atoms with van der Waals surface area (Å²) in [5.41, 5.74) is 0.0987. The molecule has 2 unspecified atom stereocenters. The number of hydrogen-bond acceptors (Lipinski definition) is 3. The Labute approximate surface area is 133 Å². The van der Waals surface area contributed by atoms with Gasteiger partial charge in [0.1, 0.15) is 17.4 Å². The highest BCUT2D eigenvalue weighted by atomic mass is 32.2. The standard InChI is InChI=1S/C17H16F2O3S/c1-10-9-15(17-14(19)8-7-13(18)16(10)17)23(21,22)12-4-2-3-11(20)5-6-12/h2-3,5-8,10,15,20H,4,9H2,1H3. The van der Waals surface area contributed by atoms with Gasteiger partial charge in [0.05, 0.1) is 5.25 Å². The Morgan fingerprint density at radius 2 is 1.78 bits per heavy atom. The second kappa shape index (κ2) is 5.60. The first-order valence-electron chi connectivity index (χ1n) is 7.30. The van der Waals surface area contributed by atoms with Crippen LogP contribution >= 0.6 is 0 Å². The average molecular weight is 338 g/mol. The number of hydrogen-bond donors (Lipinski definition) is 1. The lowest BCUT2D eigenvalue weighted by Gasteiger charge is -2.15. The van der Waals surface area contributed by atoms with Crippen molar-refractivity contribution in [2.24, 2.45) is 0 Å². The van der Waals surface area contributed by atoms with Crippen LogP contribution in [0.2, 0.25) is 0 Å². The van der Waals surface area contributed by atoms with E-state index in [0.717, 1.165) is 12.1 Å². The minimum absolute atomic E-state index is 0.0485. The van der Waals surface area contributed by atoms with Gasteiger partial charge in [0.15, 0.2) is 9.84 Å². The van der Waals surface area contributed by atoms with Crippen LogP contribution < -0.4 is 0 Å². The first-order valence-corrected chi connectivity index (χ1v) is 8.85. The smallest absolute Gasteiger partial charge is 0.182 e. The fourth-order valence-corrected chi connectivity index (χ4v) is 5.28. The minimum atomic E-state index is -3.85. The van der Waals surface area contributed by atoms with E-state index in [9.17, 15) is 22.3 Å². The van der Waals surface area contributed by atoms with Gasteiger partial charge in [0.25, 0.3) is 0 Å². The van der Waals surface area contributed by atoms with Gasteiger partial charge in [0, 0.05) is 16.9 Å². The number of rotatable bonds is 2. The van der Waals surface area contributed by atoms with E-state index in [4.69, 9.17) is 0 Å². The number of aliphatic hydroxyl groups excluding tert-OH is 1. The summed E-state index contributed by atoms with van der Waals surface area (Å²) in [6.45, 7) is 1.70. The summed E-state index contributed by atoms with van der Waals surface area (Å²) in [6.07, 6.45) is 5.81. The van der Waals surface area contributed by atoms with Gasteiger partial charge in [-0.05, 0) is 48.3 Å². The fourth-order valence-electron chi connectivity index (χ4n) is 3.24. The fraction of sp³-hybridized carbons (Fsp3) is 0.294. The van der Waals surface area contributed by atoms with Crippen LogP contribution in [-0.4, -0.2) is 13.5 Å². The molecule has 0 aliphatic heterocycles. The van der Waals surface area contributed by atoms with E-state index in [-0.39, 0.29) is 40.6 Å². The normalized spacial score (nSPS) is 24.0. The van der Waals surface area contributed by atoms with Crippen molar-refractivity contribution in [3.8, 4) is 0 Å². The lowest BCUT2D eigenvalue weighted by molar-refractivity contribution is 0.432. The Morgan fingerprint density at radius 1 is 1.13 bits per heavy atom. The maximum Gasteiger partial charge on any atom is 0.182 e. The second-order valence-electron chi connectivity index (χ2n) is 5.86. The second-order valence-corrected chi connectivity index (χ2v) is 8.04. The van der Waals surface area contributed by atoms with Gasteiger partial charge in [-0.15, -0.1) is 0 Å². The van der Waals surface area contributed by atoms with E-state index in [2.05, 4.69) is 0 Å². The largest absolute Gasteiger partial charge is 0.508 e. The van der Waals surface area contributed by atoms with E-state index >= 15 is 0 Å². The Morgan fingerprint density at radius 3 is 2.48 bits per heavy atom. The molecule has 0 radical (unpaired) electrons. The molecule has 0 heterocycles. The molecule has 2 aliphatic carbocycles. The van der Waals surface area contributed by atoms with Gasteiger partial charge in [0.2, 0.25) is 0 Å². The van der Waals surface area contributed by atoms with Gasteiger partial charge < -0.3 is 5.11 Å². The van der Waals surface area contributed by atoms with E-state index in [1.54, 1.807) is 6.92 Å². The number of benzene rings is 1. The summed E-state index contributed by atoms with van der Waals surface area (Å²) in [7, 11) is -3.85. The number of fused-ring (bicyclic) bond motifs is 1. The van der Waals surface area contributed by atoms with Crippen LogP contribution in [0.3, 0.4) is 0 Å². The van der Waals surface area contributed by atoms with E-state index in [1.807, 2.05) is 0 Å². The van der Waals surface area contributed by atoms with Crippen molar-refractivity contribution in [1.29, 1.82) is 0 Å². The van der Waals surface area contributed by atoms with E-state index < -0.39 is 26.7 Å². The van der Waals surface area contributed by atoms with Gasteiger partial charge in [-0.3, -0.25) is 0 Å². The molecule has 0 spiro atoms. The van der Waals surface area contributed by atoms with Crippen LogP contribution in [0, 0.1) is 11.6 Å². The Bertz CT molecular complexity index is 851. The quantitative estimate of drug-likeness (QED) is 0.879. The van der Waals surface area contributed by atoms with Gasteiger partial charge in [-0.1, -0.05) is 13.0 Å². The van der Waals surface area contributed by atoms with Crippen molar-refractivity contribution >= 4 is 9.84 Å². The zero-order valence-electron chi connectivity index (χ0n) is 12.5. The molecule has 6 heteroatoms. The van der Waals surface area contributed by atoms with Crippen molar-refractivity contribution in [1.82, 2.24) is 0 Å². The maximum absolute atomic E-state index is 14.2. The molecule has 1 aromatic rings. The number of allylic oxidation sites excluding steroid dienone is 5. The SMILES string of the molecule is CC1CC(S(=O)(=O)C2=CC=C(O)C=CC2)c2c(F)ccc(F)c21. The van der Waals surface area contributed by atoms with Crippen LogP contribution in [0.1, 0.15) is 42.1 Å². The number of sulfone groups is 1. The van der Waals surface area contributed by atoms with Crippen molar-refractivity contribution < 1.29 is 22.3 Å². The third-order valence-electron chi connectivity index (χ3n) is 4.35. The minimum Gasteiger partial charge on any atom is -0.508 e. The highest BCUT2D eigenvalue weighted by Gasteiger charge is 2.42. The number of halogens is 2. The molecule has 0 saturated heterocycles.